The summed E-state index contributed by atoms with van der Waals surface area (Å²) < 4.78 is 5.54. The van der Waals surface area contributed by atoms with Gasteiger partial charge in [0, 0.05) is 36.6 Å². The molecule has 0 atom stereocenters. The molecule has 1 aromatic rings. The van der Waals surface area contributed by atoms with Crippen LogP contribution in [0.15, 0.2) is 17.1 Å². The zero-order valence-corrected chi connectivity index (χ0v) is 16.6. The van der Waals surface area contributed by atoms with Crippen LogP contribution in [0, 0.1) is 12.8 Å². The maximum absolute atomic E-state index is 5.54. The van der Waals surface area contributed by atoms with Crippen LogP contribution >= 0.6 is 35.3 Å². The summed E-state index contributed by atoms with van der Waals surface area (Å²) in [5.41, 5.74) is 0. The molecule has 0 spiro atoms. The summed E-state index contributed by atoms with van der Waals surface area (Å²) in [6.45, 7) is 9.78. The molecule has 6 heteroatoms. The van der Waals surface area contributed by atoms with E-state index in [1.165, 1.54) is 9.75 Å². The van der Waals surface area contributed by atoms with E-state index in [4.69, 9.17) is 4.74 Å². The quantitative estimate of drug-likeness (QED) is 0.291. The number of hydrogen-bond donors (Lipinski definition) is 2. The van der Waals surface area contributed by atoms with Crippen LogP contribution in [0.25, 0.3) is 0 Å². The van der Waals surface area contributed by atoms with Crippen molar-refractivity contribution < 1.29 is 4.74 Å². The summed E-state index contributed by atoms with van der Waals surface area (Å²) >= 11 is 1.81. The second kappa shape index (κ2) is 12.2. The largest absolute Gasteiger partial charge is 0.381 e. The highest BCUT2D eigenvalue weighted by Gasteiger charge is 2.00. The van der Waals surface area contributed by atoms with Gasteiger partial charge in [0.1, 0.15) is 0 Å². The predicted molar refractivity (Wildman–Crippen MR) is 103 cm³/mol. The van der Waals surface area contributed by atoms with Gasteiger partial charge >= 0.3 is 0 Å². The molecule has 0 aliphatic carbocycles. The van der Waals surface area contributed by atoms with E-state index in [9.17, 15) is 0 Å². The topological polar surface area (TPSA) is 45.7 Å². The van der Waals surface area contributed by atoms with Crippen molar-refractivity contribution in [2.24, 2.45) is 10.9 Å². The minimum Gasteiger partial charge on any atom is -0.381 e. The van der Waals surface area contributed by atoms with Crippen molar-refractivity contribution in [2.75, 3.05) is 26.8 Å². The molecule has 0 aromatic carbocycles. The first-order valence-electron chi connectivity index (χ1n) is 7.19. The number of halogens is 1. The fourth-order valence-electron chi connectivity index (χ4n) is 1.67. The lowest BCUT2D eigenvalue weighted by molar-refractivity contribution is 0.108. The highest BCUT2D eigenvalue weighted by molar-refractivity contribution is 14.0. The van der Waals surface area contributed by atoms with Gasteiger partial charge in [0.2, 0.25) is 0 Å². The van der Waals surface area contributed by atoms with Gasteiger partial charge < -0.3 is 15.4 Å². The van der Waals surface area contributed by atoms with Gasteiger partial charge in [-0.1, -0.05) is 13.8 Å². The zero-order valence-electron chi connectivity index (χ0n) is 13.4. The van der Waals surface area contributed by atoms with Crippen molar-refractivity contribution in [2.45, 2.75) is 33.7 Å². The van der Waals surface area contributed by atoms with Crippen molar-refractivity contribution in [3.05, 3.63) is 21.9 Å². The van der Waals surface area contributed by atoms with Crippen LogP contribution in [-0.4, -0.2) is 32.8 Å². The maximum Gasteiger partial charge on any atom is 0.191 e. The van der Waals surface area contributed by atoms with Crippen molar-refractivity contribution in [3.8, 4) is 0 Å². The summed E-state index contributed by atoms with van der Waals surface area (Å²) in [7, 11) is 1.80. The lowest BCUT2D eigenvalue weighted by atomic mass is 10.2. The Kier molecular flexibility index (Phi) is 12.0. The number of aliphatic imine (C=N–C) groups is 1. The number of rotatable bonds is 8. The third-order valence-electron chi connectivity index (χ3n) is 2.66. The minimum atomic E-state index is 0. The summed E-state index contributed by atoms with van der Waals surface area (Å²) in [6, 6.07) is 4.30. The van der Waals surface area contributed by atoms with Gasteiger partial charge in [0.15, 0.2) is 5.96 Å². The molecule has 0 saturated heterocycles. The molecule has 0 aliphatic rings. The number of ether oxygens (including phenoxy) is 1. The van der Waals surface area contributed by atoms with Gasteiger partial charge in [-0.3, -0.25) is 4.99 Å². The highest BCUT2D eigenvalue weighted by Crippen LogP contribution is 2.14. The van der Waals surface area contributed by atoms with Crippen LogP contribution in [0.1, 0.15) is 30.0 Å². The van der Waals surface area contributed by atoms with E-state index in [0.717, 1.165) is 38.7 Å². The summed E-state index contributed by atoms with van der Waals surface area (Å²) in [6.07, 6.45) is 0.992. The second-order valence-electron chi connectivity index (χ2n) is 5.19. The number of thiophene rings is 1. The molecular formula is C15H28IN3OS. The number of nitrogens with zero attached hydrogens (tertiary/aromatic N) is 1. The van der Waals surface area contributed by atoms with E-state index in [2.05, 4.69) is 48.5 Å². The maximum atomic E-state index is 5.54. The Hall–Kier alpha value is -0.340. The smallest absolute Gasteiger partial charge is 0.191 e. The Morgan fingerprint density at radius 2 is 2.10 bits per heavy atom. The molecule has 0 aliphatic heterocycles. The Morgan fingerprint density at radius 1 is 1.33 bits per heavy atom. The first-order chi connectivity index (χ1) is 9.61. The monoisotopic (exact) mass is 425 g/mol. The summed E-state index contributed by atoms with van der Waals surface area (Å²) in [5, 5.41) is 6.61. The molecule has 0 saturated carbocycles. The fraction of sp³-hybridized carbons (Fsp3) is 0.667. The minimum absolute atomic E-state index is 0. The fourth-order valence-corrected chi connectivity index (χ4v) is 2.50. The second-order valence-corrected chi connectivity index (χ2v) is 6.56. The van der Waals surface area contributed by atoms with E-state index in [0.29, 0.717) is 5.92 Å². The van der Waals surface area contributed by atoms with E-state index >= 15 is 0 Å². The Bertz CT molecular complexity index is 407. The standard InChI is InChI=1S/C15H27N3OS.HI/c1-12(2)11-19-9-5-8-17-15(16-4)18-10-14-7-6-13(3)20-14;/h6-7,12H,5,8-11H2,1-4H3,(H2,16,17,18);1H. The molecule has 21 heavy (non-hydrogen) atoms. The van der Waals surface area contributed by atoms with E-state index in [-0.39, 0.29) is 24.0 Å². The molecule has 0 amide bonds. The van der Waals surface area contributed by atoms with Gasteiger partial charge in [-0.25, -0.2) is 0 Å². The highest BCUT2D eigenvalue weighted by atomic mass is 127. The predicted octanol–water partition coefficient (Wildman–Crippen LogP) is 3.40. The van der Waals surface area contributed by atoms with Gasteiger partial charge in [0.25, 0.3) is 0 Å². The van der Waals surface area contributed by atoms with Crippen molar-refractivity contribution >= 4 is 41.3 Å². The van der Waals surface area contributed by atoms with Crippen molar-refractivity contribution in [1.29, 1.82) is 0 Å². The molecule has 1 rings (SSSR count). The molecule has 2 N–H and O–H groups in total. The molecule has 4 nitrogen and oxygen atoms in total. The van der Waals surface area contributed by atoms with Gasteiger partial charge in [0.05, 0.1) is 6.54 Å². The molecule has 0 bridgehead atoms. The number of aryl methyl sites for hydroxylation is 1. The third-order valence-corrected chi connectivity index (χ3v) is 3.66. The summed E-state index contributed by atoms with van der Waals surface area (Å²) in [4.78, 5) is 6.88. The Labute approximate surface area is 149 Å². The van der Waals surface area contributed by atoms with Crippen LogP contribution in [0.3, 0.4) is 0 Å². The molecular weight excluding hydrogens is 397 g/mol. The molecule has 0 unspecified atom stereocenters. The van der Waals surface area contributed by atoms with Crippen LogP contribution in [-0.2, 0) is 11.3 Å². The SMILES string of the molecule is CN=C(NCCCOCC(C)C)NCc1ccc(C)s1.I. The Balaban J connectivity index is 0.00000400. The third kappa shape index (κ3) is 10.1. The first kappa shape index (κ1) is 20.7. The average molecular weight is 425 g/mol. The molecule has 0 fully saturated rings. The van der Waals surface area contributed by atoms with Crippen LogP contribution in [0.5, 0.6) is 0 Å². The van der Waals surface area contributed by atoms with Gasteiger partial charge in [-0.2, -0.15) is 0 Å². The lowest BCUT2D eigenvalue weighted by Crippen LogP contribution is -2.37. The van der Waals surface area contributed by atoms with E-state index in [1.807, 2.05) is 11.3 Å². The van der Waals surface area contributed by atoms with E-state index in [1.54, 1.807) is 7.05 Å². The van der Waals surface area contributed by atoms with Crippen LogP contribution < -0.4 is 10.6 Å². The van der Waals surface area contributed by atoms with Crippen LogP contribution in [0.4, 0.5) is 0 Å². The lowest BCUT2D eigenvalue weighted by Gasteiger charge is -2.11. The molecule has 122 valence electrons. The molecule has 0 radical (unpaired) electrons. The van der Waals surface area contributed by atoms with Crippen molar-refractivity contribution in [1.82, 2.24) is 10.6 Å². The normalized spacial score (nSPS) is 11.4. The zero-order chi connectivity index (χ0) is 14.8. The van der Waals surface area contributed by atoms with Crippen LogP contribution in [0.2, 0.25) is 0 Å². The molecule has 1 heterocycles. The number of nitrogens with one attached hydrogen (secondary N) is 2. The van der Waals surface area contributed by atoms with Gasteiger partial charge in [-0.05, 0) is 31.4 Å². The average Bonchev–Trinajstić information content (AvgIpc) is 2.82. The number of guanidine groups is 1. The van der Waals surface area contributed by atoms with Crippen molar-refractivity contribution in [3.63, 3.8) is 0 Å². The molecule has 1 aromatic heterocycles. The first-order valence-corrected chi connectivity index (χ1v) is 8.01. The Morgan fingerprint density at radius 3 is 2.67 bits per heavy atom. The van der Waals surface area contributed by atoms with E-state index < -0.39 is 0 Å². The number of hydrogen-bond acceptors (Lipinski definition) is 3. The van der Waals surface area contributed by atoms with Gasteiger partial charge in [-0.15, -0.1) is 35.3 Å². The summed E-state index contributed by atoms with van der Waals surface area (Å²) in [5.74, 6) is 1.45.